The quantitative estimate of drug-likeness (QED) is 0.357. The van der Waals surface area contributed by atoms with Gasteiger partial charge in [-0.15, -0.1) is 0 Å². The number of rotatable bonds is 2. The number of hydrogen-bond donors (Lipinski definition) is 0. The fraction of sp³-hybridized carbons (Fsp3) is 0.192. The van der Waals surface area contributed by atoms with Crippen LogP contribution in [0.2, 0.25) is 0 Å². The molecule has 0 atom stereocenters. The number of para-hydroxylation sites is 3. The van der Waals surface area contributed by atoms with E-state index in [4.69, 9.17) is 4.98 Å². The summed E-state index contributed by atoms with van der Waals surface area (Å²) in [7, 11) is 4.26. The lowest BCUT2D eigenvalue weighted by Gasteiger charge is -2.15. The molecule has 3 heteroatoms. The van der Waals surface area contributed by atoms with Crippen LogP contribution in [-0.2, 0) is 12.5 Å². The minimum atomic E-state index is -0.0143. The van der Waals surface area contributed by atoms with Gasteiger partial charge in [-0.25, -0.2) is 4.98 Å². The third kappa shape index (κ3) is 2.69. The molecule has 1 aliphatic heterocycles. The maximum Gasteiger partial charge on any atom is 0.231 e. The lowest BCUT2D eigenvalue weighted by molar-refractivity contribution is -0.617. The number of aromatic nitrogens is 2. The summed E-state index contributed by atoms with van der Waals surface area (Å²) in [6.45, 7) is 4.59. The first-order valence-corrected chi connectivity index (χ1v) is 10.0. The van der Waals surface area contributed by atoms with Crippen molar-refractivity contribution in [1.82, 2.24) is 4.98 Å². The molecule has 0 unspecified atom stereocenters. The molecule has 0 N–H and O–H groups in total. The largest absolute Gasteiger partial charge is 0.235 e. The number of benzene rings is 3. The van der Waals surface area contributed by atoms with Crippen LogP contribution in [0.25, 0.3) is 28.1 Å². The van der Waals surface area contributed by atoms with Gasteiger partial charge in [0, 0.05) is 29.8 Å². The average molecular weight is 380 g/mol. The first-order chi connectivity index (χ1) is 14.0. The lowest BCUT2D eigenvalue weighted by Crippen LogP contribution is -2.30. The van der Waals surface area contributed by atoms with Crippen molar-refractivity contribution < 1.29 is 9.14 Å². The van der Waals surface area contributed by atoms with Gasteiger partial charge in [-0.05, 0) is 43.7 Å². The highest BCUT2D eigenvalue weighted by Gasteiger charge is 2.42. The Bertz CT molecular complexity index is 1340. The summed E-state index contributed by atoms with van der Waals surface area (Å²) in [6.07, 6.45) is 4.46. The summed E-state index contributed by atoms with van der Waals surface area (Å²) in [5, 5.41) is 0. The fourth-order valence-corrected chi connectivity index (χ4v) is 4.60. The Hall–Kier alpha value is -3.33. The van der Waals surface area contributed by atoms with Crippen LogP contribution in [0.1, 0.15) is 25.0 Å². The molecule has 0 radical (unpaired) electrons. The Morgan fingerprint density at radius 3 is 2.34 bits per heavy atom. The molecule has 0 fully saturated rings. The molecule has 0 aliphatic carbocycles. The highest BCUT2D eigenvalue weighted by atomic mass is 15.0. The van der Waals surface area contributed by atoms with Crippen LogP contribution in [0.4, 0.5) is 5.69 Å². The molecule has 1 aromatic heterocycles. The Morgan fingerprint density at radius 2 is 1.52 bits per heavy atom. The Kier molecular flexibility index (Phi) is 3.88. The van der Waals surface area contributed by atoms with Crippen molar-refractivity contribution in [3.05, 3.63) is 83.9 Å². The zero-order valence-electron chi connectivity index (χ0n) is 17.3. The summed E-state index contributed by atoms with van der Waals surface area (Å²) in [6, 6.07) is 23.5. The molecular weight excluding hydrogens is 354 g/mol. The molecule has 0 saturated carbocycles. The van der Waals surface area contributed by atoms with Crippen LogP contribution in [0.15, 0.2) is 72.8 Å². The minimum Gasteiger partial charge on any atom is -0.235 e. The van der Waals surface area contributed by atoms with Gasteiger partial charge in [-0.2, -0.15) is 9.14 Å². The zero-order valence-corrected chi connectivity index (χ0v) is 17.3. The van der Waals surface area contributed by atoms with Gasteiger partial charge in [0.25, 0.3) is 0 Å². The minimum absolute atomic E-state index is 0.0143. The van der Waals surface area contributed by atoms with Gasteiger partial charge >= 0.3 is 0 Å². The predicted molar refractivity (Wildman–Crippen MR) is 120 cm³/mol. The molecule has 5 rings (SSSR count). The van der Waals surface area contributed by atoms with Crippen LogP contribution in [-0.4, -0.2) is 22.3 Å². The van der Waals surface area contributed by atoms with Crippen molar-refractivity contribution in [3.63, 3.8) is 0 Å². The van der Waals surface area contributed by atoms with Crippen molar-refractivity contribution in [3.8, 4) is 0 Å². The van der Waals surface area contributed by atoms with Crippen molar-refractivity contribution in [2.24, 2.45) is 7.05 Å². The second kappa shape index (κ2) is 6.35. The third-order valence-electron chi connectivity index (χ3n) is 6.22. The van der Waals surface area contributed by atoms with Crippen LogP contribution in [0.5, 0.6) is 0 Å². The molecular formula is C26H25N3+2. The second-order valence-corrected chi connectivity index (χ2v) is 8.33. The maximum atomic E-state index is 4.88. The van der Waals surface area contributed by atoms with Crippen molar-refractivity contribution >= 4 is 39.5 Å². The summed E-state index contributed by atoms with van der Waals surface area (Å²) in [4.78, 5) is 4.88. The van der Waals surface area contributed by atoms with Crippen molar-refractivity contribution in [2.75, 3.05) is 7.05 Å². The third-order valence-corrected chi connectivity index (χ3v) is 6.22. The number of allylic oxidation sites excluding steroid dienone is 1. The van der Waals surface area contributed by atoms with E-state index in [1.807, 2.05) is 6.07 Å². The van der Waals surface area contributed by atoms with Crippen LogP contribution in [0.3, 0.4) is 0 Å². The normalized spacial score (nSPS) is 15.6. The number of fused-ring (bicyclic) bond motifs is 3. The molecule has 0 spiro atoms. The zero-order chi connectivity index (χ0) is 20.2. The Labute approximate surface area is 171 Å². The topological polar surface area (TPSA) is 19.8 Å². The average Bonchev–Trinajstić information content (AvgIpc) is 2.92. The monoisotopic (exact) mass is 379 g/mol. The van der Waals surface area contributed by atoms with Crippen molar-refractivity contribution in [1.29, 1.82) is 0 Å². The molecule has 1 aliphatic rings. The van der Waals surface area contributed by atoms with Crippen LogP contribution < -0.4 is 4.57 Å². The summed E-state index contributed by atoms with van der Waals surface area (Å²) in [5.74, 6) is 0. The van der Waals surface area contributed by atoms with E-state index in [2.05, 4.69) is 110 Å². The van der Waals surface area contributed by atoms with E-state index in [-0.39, 0.29) is 5.41 Å². The molecule has 142 valence electrons. The fourth-order valence-electron chi connectivity index (χ4n) is 4.60. The van der Waals surface area contributed by atoms with E-state index in [1.165, 1.54) is 17.0 Å². The van der Waals surface area contributed by atoms with E-state index in [0.29, 0.717) is 0 Å². The van der Waals surface area contributed by atoms with E-state index in [9.17, 15) is 0 Å². The highest BCUT2D eigenvalue weighted by molar-refractivity contribution is 6.05. The van der Waals surface area contributed by atoms with Gasteiger partial charge in [0.15, 0.2) is 5.71 Å². The summed E-state index contributed by atoms with van der Waals surface area (Å²) >= 11 is 0. The van der Waals surface area contributed by atoms with Gasteiger partial charge in [-0.3, -0.25) is 0 Å². The first-order valence-electron chi connectivity index (χ1n) is 10.0. The summed E-state index contributed by atoms with van der Waals surface area (Å²) < 4.78 is 4.52. The van der Waals surface area contributed by atoms with E-state index >= 15 is 0 Å². The second-order valence-electron chi connectivity index (χ2n) is 8.33. The van der Waals surface area contributed by atoms with Crippen LogP contribution >= 0.6 is 0 Å². The van der Waals surface area contributed by atoms with Gasteiger partial charge in [0.1, 0.15) is 25.1 Å². The first kappa shape index (κ1) is 17.7. The smallest absolute Gasteiger partial charge is 0.231 e. The molecule has 4 aromatic rings. The Balaban J connectivity index is 1.58. The van der Waals surface area contributed by atoms with Gasteiger partial charge in [0.2, 0.25) is 16.7 Å². The molecule has 3 aromatic carbocycles. The molecule has 0 bridgehead atoms. The lowest BCUT2D eigenvalue weighted by atomic mass is 9.81. The van der Waals surface area contributed by atoms with Crippen molar-refractivity contribution in [2.45, 2.75) is 19.3 Å². The highest BCUT2D eigenvalue weighted by Crippen LogP contribution is 2.39. The van der Waals surface area contributed by atoms with E-state index in [0.717, 1.165) is 27.6 Å². The SMILES string of the molecule is C[N+]1=C(/C=C/c2ccc3c(c2)nc2ccccc2[n+]3C)C(C)(C)c2ccccc21. The van der Waals surface area contributed by atoms with E-state index in [1.54, 1.807) is 0 Å². The molecule has 0 saturated heterocycles. The van der Waals surface area contributed by atoms with E-state index < -0.39 is 0 Å². The molecule has 3 nitrogen and oxygen atoms in total. The summed E-state index contributed by atoms with van der Waals surface area (Å²) in [5.41, 5.74) is 9.43. The van der Waals surface area contributed by atoms with Gasteiger partial charge in [-0.1, -0.05) is 30.3 Å². The standard InChI is InChI=1S/C26H25N3/c1-26(2)19-9-5-7-11-22(19)29(4)25(26)16-14-18-13-15-24-21(17-18)27-20-10-6-8-12-23(20)28(24)3/h5-17H,1-4H3/q+2/b16-14+. The maximum absolute atomic E-state index is 4.88. The van der Waals surface area contributed by atoms with Gasteiger partial charge < -0.3 is 0 Å². The number of hydrogen-bond acceptors (Lipinski definition) is 1. The van der Waals surface area contributed by atoms with Crippen LogP contribution in [0, 0.1) is 0 Å². The molecule has 29 heavy (non-hydrogen) atoms. The number of aryl methyl sites for hydroxylation is 1. The Morgan fingerprint density at radius 1 is 0.793 bits per heavy atom. The number of nitrogens with zero attached hydrogens (tertiary/aromatic N) is 3. The molecule has 0 amide bonds. The molecule has 2 heterocycles. The predicted octanol–water partition coefficient (Wildman–Crippen LogP) is 4.93. The van der Waals surface area contributed by atoms with Gasteiger partial charge in [0.05, 0.1) is 5.41 Å².